The first kappa shape index (κ1) is 22.3. The number of hydrogen-bond acceptors (Lipinski definition) is 5. The average Bonchev–Trinajstić information content (AvgIpc) is 2.95. The van der Waals surface area contributed by atoms with Gasteiger partial charge in [-0.25, -0.2) is 4.98 Å². The van der Waals surface area contributed by atoms with E-state index < -0.39 is 36.5 Å². The predicted octanol–water partition coefficient (Wildman–Crippen LogP) is 3.67. The number of aromatic nitrogens is 1. The SMILES string of the molecule is CC(C)CC(C(=O)Nc1ccc(OCC(F)(F)F)nc1)N1C(=O)c2ccccc2C1=O. The van der Waals surface area contributed by atoms with Gasteiger partial charge in [0.2, 0.25) is 11.8 Å². The Hall–Kier alpha value is -3.43. The predicted molar refractivity (Wildman–Crippen MR) is 105 cm³/mol. The number of anilines is 1. The van der Waals surface area contributed by atoms with E-state index in [1.807, 2.05) is 13.8 Å². The van der Waals surface area contributed by atoms with Crippen molar-refractivity contribution in [1.82, 2.24) is 9.88 Å². The number of carbonyl (C=O) groups is 3. The highest BCUT2D eigenvalue weighted by atomic mass is 19.4. The van der Waals surface area contributed by atoms with Gasteiger partial charge >= 0.3 is 6.18 Å². The second kappa shape index (κ2) is 8.75. The maximum Gasteiger partial charge on any atom is 0.422 e. The van der Waals surface area contributed by atoms with Crippen molar-refractivity contribution in [1.29, 1.82) is 0 Å². The van der Waals surface area contributed by atoms with Gasteiger partial charge in [-0.2, -0.15) is 13.2 Å². The number of ether oxygens (including phenoxy) is 1. The maximum atomic E-state index is 13.0. The summed E-state index contributed by atoms with van der Waals surface area (Å²) >= 11 is 0. The number of imide groups is 1. The summed E-state index contributed by atoms with van der Waals surface area (Å²) in [6.45, 7) is 2.22. The summed E-state index contributed by atoms with van der Waals surface area (Å²) in [5, 5.41) is 2.57. The standard InChI is InChI=1S/C21H20F3N3O4/c1-12(2)9-16(27-19(29)14-5-3-4-6-15(14)20(27)30)18(28)26-13-7-8-17(25-10-13)31-11-21(22,23)24/h3-8,10,12,16H,9,11H2,1-2H3,(H,26,28). The van der Waals surface area contributed by atoms with E-state index in [9.17, 15) is 27.6 Å². The van der Waals surface area contributed by atoms with E-state index in [2.05, 4.69) is 15.0 Å². The molecule has 1 aromatic heterocycles. The molecule has 0 saturated heterocycles. The monoisotopic (exact) mass is 435 g/mol. The lowest BCUT2D eigenvalue weighted by atomic mass is 10.0. The van der Waals surface area contributed by atoms with Gasteiger partial charge in [0.15, 0.2) is 6.61 Å². The molecule has 1 N–H and O–H groups in total. The third-order valence-corrected chi connectivity index (χ3v) is 4.52. The number of hydrogen-bond donors (Lipinski definition) is 1. The topological polar surface area (TPSA) is 88.6 Å². The van der Waals surface area contributed by atoms with Crippen LogP contribution < -0.4 is 10.1 Å². The Morgan fingerprint density at radius 3 is 2.19 bits per heavy atom. The number of nitrogens with one attached hydrogen (secondary N) is 1. The molecular formula is C21H20F3N3O4. The quantitative estimate of drug-likeness (QED) is 0.671. The lowest BCUT2D eigenvalue weighted by Crippen LogP contribution is -2.47. The fourth-order valence-electron chi connectivity index (χ4n) is 3.19. The van der Waals surface area contributed by atoms with Gasteiger partial charge in [0.25, 0.3) is 11.8 Å². The van der Waals surface area contributed by atoms with Crippen LogP contribution in [-0.2, 0) is 4.79 Å². The molecule has 0 fully saturated rings. The van der Waals surface area contributed by atoms with Crippen LogP contribution in [0.25, 0.3) is 0 Å². The van der Waals surface area contributed by atoms with Crippen LogP contribution in [-0.4, -0.2) is 46.4 Å². The number of nitrogens with zero attached hydrogens (tertiary/aromatic N) is 2. The number of alkyl halides is 3. The van der Waals surface area contributed by atoms with Crippen LogP contribution in [0.4, 0.5) is 18.9 Å². The van der Waals surface area contributed by atoms with E-state index in [0.717, 1.165) is 11.1 Å². The molecule has 0 spiro atoms. The van der Waals surface area contributed by atoms with Crippen molar-refractivity contribution in [2.45, 2.75) is 32.5 Å². The molecular weight excluding hydrogens is 415 g/mol. The highest BCUT2D eigenvalue weighted by Crippen LogP contribution is 2.27. The second-order valence-electron chi connectivity index (χ2n) is 7.45. The Bertz CT molecular complexity index is 955. The maximum absolute atomic E-state index is 13.0. The van der Waals surface area contributed by atoms with E-state index >= 15 is 0 Å². The van der Waals surface area contributed by atoms with E-state index in [0.29, 0.717) is 0 Å². The molecule has 2 aromatic rings. The fourth-order valence-corrected chi connectivity index (χ4v) is 3.19. The zero-order chi connectivity index (χ0) is 22.8. The third kappa shape index (κ3) is 5.19. The molecule has 0 aliphatic carbocycles. The molecule has 1 aliphatic rings. The lowest BCUT2D eigenvalue weighted by Gasteiger charge is -2.26. The molecule has 0 saturated carbocycles. The summed E-state index contributed by atoms with van der Waals surface area (Å²) in [5.41, 5.74) is 0.665. The molecule has 3 amide bonds. The summed E-state index contributed by atoms with van der Waals surface area (Å²) in [4.78, 5) is 43.2. The summed E-state index contributed by atoms with van der Waals surface area (Å²) in [7, 11) is 0. The molecule has 3 rings (SSSR count). The fraction of sp³-hybridized carbons (Fsp3) is 0.333. The normalized spacial score (nSPS) is 14.6. The second-order valence-corrected chi connectivity index (χ2v) is 7.45. The van der Waals surface area contributed by atoms with Gasteiger partial charge in [-0.05, 0) is 30.5 Å². The minimum absolute atomic E-state index is 0.00340. The van der Waals surface area contributed by atoms with Crippen molar-refractivity contribution < 1.29 is 32.3 Å². The Kier molecular flexibility index (Phi) is 6.28. The minimum atomic E-state index is -4.50. The molecule has 7 nitrogen and oxygen atoms in total. The smallest absolute Gasteiger partial charge is 0.422 e. The average molecular weight is 435 g/mol. The molecule has 1 atom stereocenters. The molecule has 1 aromatic carbocycles. The third-order valence-electron chi connectivity index (χ3n) is 4.52. The molecule has 164 valence electrons. The molecule has 2 heterocycles. The summed E-state index contributed by atoms with van der Waals surface area (Å²) in [6, 6.07) is 7.78. The molecule has 1 unspecified atom stereocenters. The Labute approximate surface area is 176 Å². The van der Waals surface area contributed by atoms with Gasteiger partial charge in [-0.3, -0.25) is 19.3 Å². The van der Waals surface area contributed by atoms with Crippen LogP contribution in [0, 0.1) is 5.92 Å². The van der Waals surface area contributed by atoms with Gasteiger partial charge in [0.05, 0.1) is 23.0 Å². The van der Waals surface area contributed by atoms with Crippen LogP contribution >= 0.6 is 0 Å². The first-order valence-electron chi connectivity index (χ1n) is 9.50. The van der Waals surface area contributed by atoms with Crippen molar-refractivity contribution in [3.63, 3.8) is 0 Å². The number of amides is 3. The largest absolute Gasteiger partial charge is 0.468 e. The van der Waals surface area contributed by atoms with Crippen LogP contribution in [0.1, 0.15) is 41.0 Å². The zero-order valence-corrected chi connectivity index (χ0v) is 16.8. The summed E-state index contributed by atoms with van der Waals surface area (Å²) < 4.78 is 41.2. The summed E-state index contributed by atoms with van der Waals surface area (Å²) in [5.74, 6) is -1.95. The molecule has 10 heteroatoms. The molecule has 0 bridgehead atoms. The highest BCUT2D eigenvalue weighted by Gasteiger charge is 2.42. The number of carbonyl (C=O) groups excluding carboxylic acids is 3. The van der Waals surface area contributed by atoms with Gasteiger partial charge in [-0.15, -0.1) is 0 Å². The number of halogens is 3. The first-order valence-corrected chi connectivity index (χ1v) is 9.50. The lowest BCUT2D eigenvalue weighted by molar-refractivity contribution is -0.154. The van der Waals surface area contributed by atoms with Crippen molar-refractivity contribution in [3.05, 3.63) is 53.7 Å². The number of fused-ring (bicyclic) bond motifs is 1. The van der Waals surface area contributed by atoms with Crippen LogP contribution in [0.3, 0.4) is 0 Å². The van der Waals surface area contributed by atoms with Crippen LogP contribution in [0.2, 0.25) is 0 Å². The van der Waals surface area contributed by atoms with Crippen LogP contribution in [0.5, 0.6) is 5.88 Å². The van der Waals surface area contributed by atoms with E-state index in [1.54, 1.807) is 12.1 Å². The van der Waals surface area contributed by atoms with Gasteiger partial charge < -0.3 is 10.1 Å². The number of pyridine rings is 1. The first-order chi connectivity index (χ1) is 14.6. The number of rotatable bonds is 7. The molecule has 31 heavy (non-hydrogen) atoms. The van der Waals surface area contributed by atoms with Crippen LogP contribution in [0.15, 0.2) is 42.6 Å². The van der Waals surface area contributed by atoms with Crippen molar-refractivity contribution in [2.75, 3.05) is 11.9 Å². The van der Waals surface area contributed by atoms with Gasteiger partial charge in [-0.1, -0.05) is 26.0 Å². The van der Waals surface area contributed by atoms with Crippen molar-refractivity contribution >= 4 is 23.4 Å². The van der Waals surface area contributed by atoms with E-state index in [1.165, 1.54) is 24.3 Å². The number of benzene rings is 1. The van der Waals surface area contributed by atoms with Gasteiger partial charge in [0, 0.05) is 6.07 Å². The Morgan fingerprint density at radius 2 is 1.71 bits per heavy atom. The Morgan fingerprint density at radius 1 is 1.10 bits per heavy atom. The zero-order valence-electron chi connectivity index (χ0n) is 16.8. The summed E-state index contributed by atoms with van der Waals surface area (Å²) in [6.07, 6.45) is -3.12. The van der Waals surface area contributed by atoms with E-state index in [4.69, 9.17) is 0 Å². The van der Waals surface area contributed by atoms with E-state index in [-0.39, 0.29) is 35.0 Å². The molecule has 0 radical (unpaired) electrons. The van der Waals surface area contributed by atoms with Crippen molar-refractivity contribution in [3.8, 4) is 5.88 Å². The van der Waals surface area contributed by atoms with Crippen molar-refractivity contribution in [2.24, 2.45) is 5.92 Å². The van der Waals surface area contributed by atoms with Gasteiger partial charge in [0.1, 0.15) is 6.04 Å². The molecule has 1 aliphatic heterocycles. The Balaban J connectivity index is 1.76. The highest BCUT2D eigenvalue weighted by molar-refractivity contribution is 6.23. The minimum Gasteiger partial charge on any atom is -0.468 e.